The van der Waals surface area contributed by atoms with Crippen LogP contribution >= 0.6 is 25.8 Å². The second kappa shape index (κ2) is 11.2. The molecule has 3 aromatic heterocycles. The molecule has 2 saturated heterocycles. The summed E-state index contributed by atoms with van der Waals surface area (Å²) >= 11 is 9.44. The number of nitrogen functional groups attached to an aromatic ring is 1. The molecule has 6 rings (SSSR count). The molecule has 0 spiro atoms. The zero-order chi connectivity index (χ0) is 28.9. The smallest absolute Gasteiger partial charge is 0.386 e. The number of aliphatic hydroxyl groups excluding tert-OH is 1. The Morgan fingerprint density at radius 1 is 1.17 bits per heavy atom. The van der Waals surface area contributed by atoms with Gasteiger partial charge in [0.2, 0.25) is 11.9 Å². The van der Waals surface area contributed by atoms with Crippen molar-refractivity contribution < 1.29 is 37.4 Å². The monoisotopic (exact) mass is 649 g/mol. The van der Waals surface area contributed by atoms with Gasteiger partial charge in [-0.15, -0.1) is 0 Å². The van der Waals surface area contributed by atoms with E-state index in [1.165, 1.54) is 23.5 Å². The largest absolute Gasteiger partial charge is 0.387 e. The van der Waals surface area contributed by atoms with Crippen LogP contribution in [-0.4, -0.2) is 88.1 Å². The number of nitrogens with zero attached hydrogens (tertiary/aromatic N) is 6. The number of thiol groups is 1. The molecule has 5 heterocycles. The molecule has 1 saturated carbocycles. The number of imidazole rings is 1. The fourth-order valence-corrected chi connectivity index (χ4v) is 8.08. The standard InChI is InChI=1S/C19H25N9O9P2S2/c20-18-26-15-11(16(30)27-18)24-7-28(15)17-14-12(29)10(35-17)4-34-39(32,41)36-13-8(3-33-38(31,40)37-14)1-2-9(13)25-19-22-5-21-6-23-19/h5-10,12-14,17,29H,1-4H2,(H,31,40)(H,32,41)(H3,20,26,27,30)(H,21,22,23,25)/t8-,9-,10-,12-,13-,14-,17-,38?,39?/m1/s1. The van der Waals surface area contributed by atoms with Crippen molar-refractivity contribution in [1.29, 1.82) is 0 Å². The van der Waals surface area contributed by atoms with Crippen molar-refractivity contribution >= 4 is 60.6 Å². The van der Waals surface area contributed by atoms with Gasteiger partial charge in [0.05, 0.1) is 31.7 Å². The Morgan fingerprint density at radius 2 is 1.95 bits per heavy atom. The van der Waals surface area contributed by atoms with Crippen LogP contribution in [0.4, 0.5) is 11.9 Å². The number of nitrogens with two attached hydrogens (primary N) is 1. The van der Waals surface area contributed by atoms with Gasteiger partial charge in [0.1, 0.15) is 31.0 Å². The first-order chi connectivity index (χ1) is 19.5. The molecular formula is C19H25N9O9P2S2. The molecule has 41 heavy (non-hydrogen) atoms. The summed E-state index contributed by atoms with van der Waals surface area (Å²) in [6.07, 6.45) is -1.01. The van der Waals surface area contributed by atoms with Crippen LogP contribution in [0.2, 0.25) is 0 Å². The van der Waals surface area contributed by atoms with Crippen LogP contribution in [0.15, 0.2) is 23.8 Å². The highest BCUT2D eigenvalue weighted by molar-refractivity contribution is 8.44. The van der Waals surface area contributed by atoms with Crippen LogP contribution in [0.3, 0.4) is 0 Å². The Hall–Kier alpha value is -2.09. The van der Waals surface area contributed by atoms with E-state index in [9.17, 15) is 19.4 Å². The van der Waals surface area contributed by atoms with E-state index < -0.39 is 68.3 Å². The third-order valence-corrected chi connectivity index (χ3v) is 10.1. The second-order valence-corrected chi connectivity index (χ2v) is 15.2. The van der Waals surface area contributed by atoms with Crippen molar-refractivity contribution in [2.75, 3.05) is 24.3 Å². The number of hydrogen-bond donors (Lipinski definition) is 6. The number of aromatic nitrogens is 7. The average Bonchev–Trinajstić information content (AvgIpc) is 3.58. The Bertz CT molecular complexity index is 1580. The molecule has 3 aromatic rings. The third kappa shape index (κ3) is 6.05. The molecular weight excluding hydrogens is 624 g/mol. The molecule has 1 aliphatic carbocycles. The van der Waals surface area contributed by atoms with E-state index in [4.69, 9.17) is 40.4 Å². The van der Waals surface area contributed by atoms with Crippen LogP contribution < -0.4 is 16.6 Å². The Morgan fingerprint density at radius 3 is 2.73 bits per heavy atom. The maximum Gasteiger partial charge on any atom is 0.386 e. The van der Waals surface area contributed by atoms with E-state index in [0.717, 1.165) is 0 Å². The summed E-state index contributed by atoms with van der Waals surface area (Å²) in [5.41, 5.74) is 5.08. The molecule has 0 amide bonds. The number of aliphatic hydroxyl groups is 1. The van der Waals surface area contributed by atoms with Gasteiger partial charge in [-0.25, -0.2) is 24.5 Å². The summed E-state index contributed by atoms with van der Waals surface area (Å²) in [5, 5.41) is 14.3. The molecule has 2 aliphatic heterocycles. The lowest BCUT2D eigenvalue weighted by atomic mass is 10.1. The molecule has 22 heteroatoms. The lowest BCUT2D eigenvalue weighted by Gasteiger charge is -2.30. The maximum atomic E-state index is 13.4. The third-order valence-electron chi connectivity index (χ3n) is 6.92. The van der Waals surface area contributed by atoms with E-state index in [1.807, 2.05) is 0 Å². The van der Waals surface area contributed by atoms with E-state index in [0.29, 0.717) is 18.8 Å². The average molecular weight is 650 g/mol. The highest BCUT2D eigenvalue weighted by Gasteiger charge is 2.51. The van der Waals surface area contributed by atoms with Crippen LogP contribution in [-0.2, 0) is 39.2 Å². The summed E-state index contributed by atoms with van der Waals surface area (Å²) in [4.78, 5) is 45.7. The molecule has 222 valence electrons. The number of rotatable bonds is 3. The number of H-pyrrole nitrogens is 1. The zero-order valence-electron chi connectivity index (χ0n) is 20.9. The molecule has 18 nitrogen and oxygen atoms in total. The quantitative estimate of drug-likeness (QED) is 0.163. The van der Waals surface area contributed by atoms with Crippen molar-refractivity contribution in [2.45, 2.75) is 49.5 Å². The predicted octanol–water partition coefficient (Wildman–Crippen LogP) is 0.108. The summed E-state index contributed by atoms with van der Waals surface area (Å²) in [5.74, 6) is -0.306. The molecule has 3 aliphatic rings. The van der Waals surface area contributed by atoms with Crippen LogP contribution in [0.1, 0.15) is 19.1 Å². The number of aromatic amines is 1. The van der Waals surface area contributed by atoms with Gasteiger partial charge in [-0.2, -0.15) is 4.98 Å². The van der Waals surface area contributed by atoms with Crippen molar-refractivity contribution in [3.8, 4) is 0 Å². The number of fused-ring (bicyclic) bond motifs is 4. The van der Waals surface area contributed by atoms with Gasteiger partial charge >= 0.3 is 13.5 Å². The summed E-state index contributed by atoms with van der Waals surface area (Å²) in [7, 11) is 0. The SMILES string of the molecule is Nc1nc2c(ncn2[C@@H]2O[C@@H]3COP(O)(=S)O[C@@H]4[C@H](CC[C@H]4Nc4ncncn4)COP(=O)(S)O[C@@H]2[C@@H]3O)c(=O)[nH]1. The van der Waals surface area contributed by atoms with Gasteiger partial charge in [-0.05, 0) is 24.6 Å². The number of anilines is 2. The zero-order valence-corrected chi connectivity index (χ0v) is 24.4. The van der Waals surface area contributed by atoms with Crippen LogP contribution in [0.5, 0.6) is 0 Å². The highest BCUT2D eigenvalue weighted by atomic mass is 32.7. The second-order valence-electron chi connectivity index (χ2n) is 9.55. The highest BCUT2D eigenvalue weighted by Crippen LogP contribution is 2.58. The topological polar surface area (TPSA) is 244 Å². The summed E-state index contributed by atoms with van der Waals surface area (Å²) in [6, 6.07) is -0.408. The lowest BCUT2D eigenvalue weighted by Crippen LogP contribution is -2.36. The maximum absolute atomic E-state index is 13.4. The van der Waals surface area contributed by atoms with Crippen molar-refractivity contribution in [2.24, 2.45) is 5.92 Å². The first-order valence-electron chi connectivity index (χ1n) is 12.3. The van der Waals surface area contributed by atoms with E-state index in [-0.39, 0.29) is 23.7 Å². The Labute approximate surface area is 241 Å². The minimum Gasteiger partial charge on any atom is -0.387 e. The fourth-order valence-electron chi connectivity index (χ4n) is 5.07. The van der Waals surface area contributed by atoms with Gasteiger partial charge in [-0.3, -0.25) is 18.9 Å². The molecule has 2 unspecified atom stereocenters. The Balaban J connectivity index is 1.29. The Kier molecular flexibility index (Phi) is 7.92. The molecule has 0 radical (unpaired) electrons. The minimum absolute atomic E-state index is 0.0239. The number of ether oxygens (including phenoxy) is 1. The van der Waals surface area contributed by atoms with Crippen molar-refractivity contribution in [3.63, 3.8) is 0 Å². The summed E-state index contributed by atoms with van der Waals surface area (Å²) in [6.45, 7) is -8.64. The van der Waals surface area contributed by atoms with E-state index in [1.54, 1.807) is 0 Å². The number of nitrogens with one attached hydrogen (secondary N) is 2. The molecule has 9 atom stereocenters. The van der Waals surface area contributed by atoms with Crippen LogP contribution in [0, 0.1) is 5.92 Å². The van der Waals surface area contributed by atoms with Gasteiger partial charge in [0.15, 0.2) is 17.4 Å². The lowest BCUT2D eigenvalue weighted by molar-refractivity contribution is -0.0503. The van der Waals surface area contributed by atoms with Gasteiger partial charge < -0.3 is 39.4 Å². The summed E-state index contributed by atoms with van der Waals surface area (Å²) < 4.78 is 43.6. The minimum atomic E-state index is -4.14. The first kappa shape index (κ1) is 29.0. The van der Waals surface area contributed by atoms with Crippen LogP contribution in [0.25, 0.3) is 11.2 Å². The van der Waals surface area contributed by atoms with Gasteiger partial charge in [0, 0.05) is 5.92 Å². The van der Waals surface area contributed by atoms with Gasteiger partial charge in [-0.1, -0.05) is 12.2 Å². The first-order valence-corrected chi connectivity index (χ1v) is 17.5. The fraction of sp³-hybridized carbons (Fsp3) is 0.579. The van der Waals surface area contributed by atoms with Crippen molar-refractivity contribution in [1.82, 2.24) is 34.5 Å². The van der Waals surface area contributed by atoms with Gasteiger partial charge in [0.25, 0.3) is 5.56 Å². The molecule has 0 aromatic carbocycles. The number of hydrogen-bond acceptors (Lipinski definition) is 16. The normalized spacial score (nSPS) is 38.1. The van der Waals surface area contributed by atoms with E-state index in [2.05, 4.69) is 47.5 Å². The van der Waals surface area contributed by atoms with E-state index >= 15 is 0 Å². The predicted molar refractivity (Wildman–Crippen MR) is 147 cm³/mol. The molecule has 3 fully saturated rings. The molecule has 6 N–H and O–H groups in total. The molecule has 2 bridgehead atoms. The van der Waals surface area contributed by atoms with Crippen molar-refractivity contribution in [3.05, 3.63) is 29.3 Å².